The van der Waals surface area contributed by atoms with Gasteiger partial charge < -0.3 is 20.1 Å². The van der Waals surface area contributed by atoms with Crippen molar-refractivity contribution in [1.29, 1.82) is 0 Å². The monoisotopic (exact) mass is 468 g/mol. The van der Waals surface area contributed by atoms with Crippen molar-refractivity contribution < 1.29 is 23.9 Å². The normalized spacial score (nSPS) is 17.2. The largest absolute Gasteiger partial charge is 0.481 e. The van der Waals surface area contributed by atoms with Gasteiger partial charge in [-0.05, 0) is 44.7 Å². The zero-order chi connectivity index (χ0) is 17.1. The molecule has 23 heavy (non-hydrogen) atoms. The molecule has 0 saturated carbocycles. The SMILES string of the molecule is COC(=O)c1sc(Br)c(Br)c1OCC(=O)N1CCCC1C(N)=O. The van der Waals surface area contributed by atoms with Crippen molar-refractivity contribution in [2.75, 3.05) is 20.3 Å². The number of hydrogen-bond acceptors (Lipinski definition) is 6. The van der Waals surface area contributed by atoms with Gasteiger partial charge in [-0.25, -0.2) is 4.79 Å². The first-order chi connectivity index (χ1) is 10.9. The fraction of sp³-hybridized carbons (Fsp3) is 0.462. The lowest BCUT2D eigenvalue weighted by molar-refractivity contribution is -0.138. The first-order valence-corrected chi connectivity index (χ1v) is 9.04. The maximum absolute atomic E-state index is 12.3. The molecule has 0 radical (unpaired) electrons. The highest BCUT2D eigenvalue weighted by molar-refractivity contribution is 9.13. The molecule has 2 N–H and O–H groups in total. The van der Waals surface area contributed by atoms with Crippen LogP contribution in [0, 0.1) is 0 Å². The molecule has 126 valence electrons. The van der Waals surface area contributed by atoms with Crippen LogP contribution in [0.5, 0.6) is 5.75 Å². The molecule has 2 rings (SSSR count). The summed E-state index contributed by atoms with van der Waals surface area (Å²) in [7, 11) is 1.26. The molecule has 1 saturated heterocycles. The van der Waals surface area contributed by atoms with Gasteiger partial charge >= 0.3 is 5.97 Å². The zero-order valence-corrected chi connectivity index (χ0v) is 16.1. The summed E-state index contributed by atoms with van der Waals surface area (Å²) in [5.41, 5.74) is 5.30. The molecular formula is C13H14Br2N2O5S. The lowest BCUT2D eigenvalue weighted by Gasteiger charge is -2.22. The van der Waals surface area contributed by atoms with Gasteiger partial charge in [-0.2, -0.15) is 0 Å². The Morgan fingerprint density at radius 1 is 1.39 bits per heavy atom. The number of halogens is 2. The molecule has 1 aliphatic rings. The Hall–Kier alpha value is -1.13. The van der Waals surface area contributed by atoms with Gasteiger partial charge in [0.05, 0.1) is 15.4 Å². The van der Waals surface area contributed by atoms with Crippen molar-refractivity contribution >= 4 is 61.0 Å². The van der Waals surface area contributed by atoms with E-state index in [9.17, 15) is 14.4 Å². The van der Waals surface area contributed by atoms with Crippen molar-refractivity contribution in [1.82, 2.24) is 4.90 Å². The zero-order valence-electron chi connectivity index (χ0n) is 12.1. The Morgan fingerprint density at radius 2 is 2.09 bits per heavy atom. The third-order valence-electron chi connectivity index (χ3n) is 3.38. The number of methoxy groups -OCH3 is 1. The Kier molecular flexibility index (Phi) is 6.04. The highest BCUT2D eigenvalue weighted by atomic mass is 79.9. The number of likely N-dealkylation sites (tertiary alicyclic amines) is 1. The Morgan fingerprint density at radius 3 is 2.70 bits per heavy atom. The van der Waals surface area contributed by atoms with E-state index in [2.05, 4.69) is 31.9 Å². The highest BCUT2D eigenvalue weighted by Crippen LogP contribution is 2.43. The number of hydrogen-bond donors (Lipinski definition) is 1. The summed E-state index contributed by atoms with van der Waals surface area (Å²) in [5.74, 6) is -1.20. The predicted molar refractivity (Wildman–Crippen MR) is 90.5 cm³/mol. The van der Waals surface area contributed by atoms with Gasteiger partial charge in [0.2, 0.25) is 5.91 Å². The number of esters is 1. The molecular weight excluding hydrogens is 456 g/mol. The lowest BCUT2D eigenvalue weighted by atomic mass is 10.2. The molecule has 0 aromatic carbocycles. The van der Waals surface area contributed by atoms with Crippen LogP contribution in [-0.4, -0.2) is 49.0 Å². The molecule has 0 bridgehead atoms. The number of primary amides is 1. The second-order valence-corrected chi connectivity index (χ2v) is 7.91. The summed E-state index contributed by atoms with van der Waals surface area (Å²) in [5, 5.41) is 0. The van der Waals surface area contributed by atoms with Crippen LogP contribution < -0.4 is 10.5 Å². The van der Waals surface area contributed by atoms with Gasteiger partial charge in [-0.1, -0.05) is 0 Å². The maximum atomic E-state index is 12.3. The minimum Gasteiger partial charge on any atom is -0.481 e. The van der Waals surface area contributed by atoms with Crippen LogP contribution in [0.2, 0.25) is 0 Å². The van der Waals surface area contributed by atoms with Gasteiger partial charge in [0, 0.05) is 6.54 Å². The minimum absolute atomic E-state index is 0.233. The number of carbonyl (C=O) groups excluding carboxylic acids is 3. The van der Waals surface area contributed by atoms with Gasteiger partial charge in [0.1, 0.15) is 6.04 Å². The maximum Gasteiger partial charge on any atom is 0.351 e. The Bertz CT molecular complexity index is 649. The number of ether oxygens (including phenoxy) is 2. The van der Waals surface area contributed by atoms with Crippen LogP contribution in [0.4, 0.5) is 0 Å². The number of thiophene rings is 1. The fourth-order valence-electron chi connectivity index (χ4n) is 2.30. The molecule has 0 aliphatic carbocycles. The van der Waals surface area contributed by atoms with Crippen LogP contribution in [0.1, 0.15) is 22.5 Å². The standard InChI is InChI=1S/C13H14Br2N2O5S/c1-21-13(20)10-9(8(14)11(15)23-10)22-5-7(18)17-4-2-3-6(17)12(16)19/h6H,2-5H2,1H3,(H2,16,19). The van der Waals surface area contributed by atoms with Crippen molar-refractivity contribution in [3.8, 4) is 5.75 Å². The summed E-state index contributed by atoms with van der Waals surface area (Å²) in [6, 6.07) is -0.594. The van der Waals surface area contributed by atoms with Crippen molar-refractivity contribution in [2.45, 2.75) is 18.9 Å². The van der Waals surface area contributed by atoms with E-state index < -0.39 is 17.9 Å². The van der Waals surface area contributed by atoms with Gasteiger partial charge in [-0.15, -0.1) is 11.3 Å². The summed E-state index contributed by atoms with van der Waals surface area (Å²) in [6.45, 7) is 0.170. The van der Waals surface area contributed by atoms with Gasteiger partial charge in [0.25, 0.3) is 5.91 Å². The van der Waals surface area contributed by atoms with E-state index in [-0.39, 0.29) is 23.1 Å². The number of amides is 2. The second-order valence-electron chi connectivity index (χ2n) is 4.78. The molecule has 1 aromatic rings. The van der Waals surface area contributed by atoms with Crippen LogP contribution in [0.15, 0.2) is 8.26 Å². The van der Waals surface area contributed by atoms with Crippen LogP contribution in [0.3, 0.4) is 0 Å². The number of nitrogens with two attached hydrogens (primary N) is 1. The molecule has 2 amide bonds. The minimum atomic E-state index is -0.594. The molecule has 1 unspecified atom stereocenters. The average Bonchev–Trinajstić information content (AvgIpc) is 3.11. The van der Waals surface area contributed by atoms with E-state index in [0.717, 1.165) is 17.8 Å². The smallest absolute Gasteiger partial charge is 0.351 e. The van der Waals surface area contributed by atoms with E-state index in [1.807, 2.05) is 0 Å². The van der Waals surface area contributed by atoms with E-state index in [0.29, 0.717) is 21.2 Å². The topological polar surface area (TPSA) is 98.9 Å². The van der Waals surface area contributed by atoms with Gasteiger partial charge in [0.15, 0.2) is 17.2 Å². The summed E-state index contributed by atoms with van der Waals surface area (Å²) < 4.78 is 11.4. The third kappa shape index (κ3) is 3.86. The van der Waals surface area contributed by atoms with Crippen LogP contribution in [-0.2, 0) is 14.3 Å². The van der Waals surface area contributed by atoms with Gasteiger partial charge in [-0.3, -0.25) is 9.59 Å². The lowest BCUT2D eigenvalue weighted by Crippen LogP contribution is -2.45. The molecule has 7 nitrogen and oxygen atoms in total. The molecule has 1 aliphatic heterocycles. The van der Waals surface area contributed by atoms with Crippen LogP contribution >= 0.6 is 43.2 Å². The average molecular weight is 470 g/mol. The van der Waals surface area contributed by atoms with E-state index in [1.54, 1.807) is 0 Å². The predicted octanol–water partition coefficient (Wildman–Crippen LogP) is 1.91. The van der Waals surface area contributed by atoms with E-state index in [4.69, 9.17) is 15.2 Å². The molecule has 1 aromatic heterocycles. The molecule has 0 spiro atoms. The molecule has 1 atom stereocenters. The Labute approximate surface area is 153 Å². The summed E-state index contributed by atoms with van der Waals surface area (Å²) in [6.07, 6.45) is 1.28. The van der Waals surface area contributed by atoms with Crippen molar-refractivity contribution in [3.63, 3.8) is 0 Å². The van der Waals surface area contributed by atoms with E-state index >= 15 is 0 Å². The molecule has 1 fully saturated rings. The Balaban J connectivity index is 2.10. The van der Waals surface area contributed by atoms with Crippen molar-refractivity contribution in [3.05, 3.63) is 13.1 Å². The first kappa shape index (κ1) is 18.2. The van der Waals surface area contributed by atoms with E-state index in [1.165, 1.54) is 12.0 Å². The molecule has 10 heteroatoms. The van der Waals surface area contributed by atoms with Crippen LogP contribution in [0.25, 0.3) is 0 Å². The summed E-state index contributed by atoms with van der Waals surface area (Å²) in [4.78, 5) is 37.0. The number of nitrogens with zero attached hydrogens (tertiary/aromatic N) is 1. The second kappa shape index (κ2) is 7.63. The van der Waals surface area contributed by atoms with Crippen molar-refractivity contribution in [2.24, 2.45) is 5.73 Å². The first-order valence-electron chi connectivity index (χ1n) is 6.64. The fourth-order valence-corrected chi connectivity index (χ4v) is 4.44. The molecule has 2 heterocycles. The number of rotatable bonds is 5. The highest BCUT2D eigenvalue weighted by Gasteiger charge is 2.33. The number of carbonyl (C=O) groups is 3. The quantitative estimate of drug-likeness (QED) is 0.664. The third-order valence-corrected chi connectivity index (χ3v) is 6.75. The summed E-state index contributed by atoms with van der Waals surface area (Å²) >= 11 is 7.73.